The summed E-state index contributed by atoms with van der Waals surface area (Å²) in [7, 11) is 0. The molecule has 4 N–H and O–H groups in total. The van der Waals surface area contributed by atoms with Gasteiger partial charge in [-0.05, 0) is 68.7 Å². The maximum Gasteiger partial charge on any atom is 0.160 e. The topological polar surface area (TPSA) is 56.3 Å². The molecule has 126 valence electrons. The highest BCUT2D eigenvalue weighted by Gasteiger charge is 2.40. The number of allylic oxidation sites excluding steroid dienone is 1. The maximum absolute atomic E-state index is 9.86. The van der Waals surface area contributed by atoms with Crippen molar-refractivity contribution in [2.75, 3.05) is 13.1 Å². The van der Waals surface area contributed by atoms with Crippen LogP contribution in [0, 0.1) is 23.7 Å². The molecule has 4 heteroatoms. The Morgan fingerprint density at radius 3 is 2.68 bits per heavy atom. The lowest BCUT2D eigenvalue weighted by Crippen LogP contribution is -2.61. The summed E-state index contributed by atoms with van der Waals surface area (Å²) in [6, 6.07) is 1.06. The molecule has 0 bridgehead atoms. The molecule has 0 radical (unpaired) electrons. The minimum atomic E-state index is -0.531. The Balaban J connectivity index is 1.66. The van der Waals surface area contributed by atoms with Gasteiger partial charge in [-0.3, -0.25) is 10.6 Å². The highest BCUT2D eigenvalue weighted by atomic mass is 16.3. The van der Waals surface area contributed by atoms with E-state index in [9.17, 15) is 5.11 Å². The SMILES string of the molecule is C=CC1CCC(C2NCCCC2C2CCNC(O)N2)CC1C. The van der Waals surface area contributed by atoms with Crippen LogP contribution in [0.2, 0.25) is 0 Å². The highest BCUT2D eigenvalue weighted by Crippen LogP contribution is 2.40. The third-order valence-corrected chi connectivity index (χ3v) is 6.32. The fourth-order valence-corrected chi connectivity index (χ4v) is 5.10. The zero-order chi connectivity index (χ0) is 15.5. The summed E-state index contributed by atoms with van der Waals surface area (Å²) >= 11 is 0. The summed E-state index contributed by atoms with van der Waals surface area (Å²) in [6.07, 6.45) is 9.24. The predicted octanol–water partition coefficient (Wildman–Crippen LogP) is 1.82. The predicted molar refractivity (Wildman–Crippen MR) is 90.3 cm³/mol. The van der Waals surface area contributed by atoms with Gasteiger partial charge < -0.3 is 10.4 Å². The molecule has 1 saturated carbocycles. The van der Waals surface area contributed by atoms with Crippen molar-refractivity contribution in [3.8, 4) is 0 Å². The van der Waals surface area contributed by atoms with Crippen molar-refractivity contribution in [3.63, 3.8) is 0 Å². The van der Waals surface area contributed by atoms with Crippen LogP contribution in [0.15, 0.2) is 12.7 Å². The Hall–Kier alpha value is -0.420. The van der Waals surface area contributed by atoms with Crippen molar-refractivity contribution in [3.05, 3.63) is 12.7 Å². The van der Waals surface area contributed by atoms with Crippen molar-refractivity contribution in [1.29, 1.82) is 0 Å². The molecule has 0 spiro atoms. The van der Waals surface area contributed by atoms with Crippen molar-refractivity contribution < 1.29 is 5.11 Å². The van der Waals surface area contributed by atoms with Crippen LogP contribution >= 0.6 is 0 Å². The summed E-state index contributed by atoms with van der Waals surface area (Å²) < 4.78 is 0. The molecular formula is C18H33N3O. The van der Waals surface area contributed by atoms with Gasteiger partial charge in [0.25, 0.3) is 0 Å². The molecule has 0 aromatic carbocycles. The van der Waals surface area contributed by atoms with E-state index in [2.05, 4.69) is 35.5 Å². The van der Waals surface area contributed by atoms with Crippen LogP contribution in [-0.2, 0) is 0 Å². The first-order valence-electron chi connectivity index (χ1n) is 9.22. The summed E-state index contributed by atoms with van der Waals surface area (Å²) in [5.74, 6) is 2.90. The quantitative estimate of drug-likeness (QED) is 0.601. The molecular weight excluding hydrogens is 274 g/mol. The van der Waals surface area contributed by atoms with Crippen molar-refractivity contribution in [2.24, 2.45) is 23.7 Å². The number of aliphatic hydroxyl groups is 1. The zero-order valence-electron chi connectivity index (χ0n) is 13.9. The Morgan fingerprint density at radius 2 is 1.95 bits per heavy atom. The first-order chi connectivity index (χ1) is 10.7. The second-order valence-electron chi connectivity index (χ2n) is 7.65. The van der Waals surface area contributed by atoms with Crippen LogP contribution in [0.3, 0.4) is 0 Å². The summed E-state index contributed by atoms with van der Waals surface area (Å²) in [4.78, 5) is 0. The van der Waals surface area contributed by atoms with E-state index in [0.29, 0.717) is 23.9 Å². The van der Waals surface area contributed by atoms with Gasteiger partial charge in [0.15, 0.2) is 6.35 Å². The molecule has 1 aliphatic carbocycles. The van der Waals surface area contributed by atoms with Crippen LogP contribution in [0.5, 0.6) is 0 Å². The van der Waals surface area contributed by atoms with E-state index in [1.807, 2.05) is 0 Å². The molecule has 4 nitrogen and oxygen atoms in total. The van der Waals surface area contributed by atoms with Crippen molar-refractivity contribution >= 4 is 0 Å². The third kappa shape index (κ3) is 3.56. The van der Waals surface area contributed by atoms with Gasteiger partial charge in [0.05, 0.1) is 0 Å². The van der Waals surface area contributed by atoms with Gasteiger partial charge in [-0.2, -0.15) is 0 Å². The molecule has 3 rings (SSSR count). The second-order valence-corrected chi connectivity index (χ2v) is 7.65. The summed E-state index contributed by atoms with van der Waals surface area (Å²) in [5, 5.41) is 20.2. The smallest absolute Gasteiger partial charge is 0.160 e. The van der Waals surface area contributed by atoms with Crippen LogP contribution in [-0.4, -0.2) is 36.6 Å². The number of rotatable bonds is 3. The largest absolute Gasteiger partial charge is 0.365 e. The third-order valence-electron chi connectivity index (χ3n) is 6.32. The maximum atomic E-state index is 9.86. The Morgan fingerprint density at radius 1 is 1.09 bits per heavy atom. The van der Waals surface area contributed by atoms with Crippen LogP contribution in [0.4, 0.5) is 0 Å². The molecule has 2 aliphatic heterocycles. The first-order valence-corrected chi connectivity index (χ1v) is 9.22. The summed E-state index contributed by atoms with van der Waals surface area (Å²) in [6.45, 7) is 8.48. The minimum absolute atomic E-state index is 0.446. The normalized spacial score (nSPS) is 47.1. The lowest BCUT2D eigenvalue weighted by molar-refractivity contribution is 0.0273. The van der Waals surface area contributed by atoms with E-state index in [1.165, 1.54) is 32.1 Å². The summed E-state index contributed by atoms with van der Waals surface area (Å²) in [5.41, 5.74) is 0. The monoisotopic (exact) mass is 307 g/mol. The van der Waals surface area contributed by atoms with E-state index in [0.717, 1.165) is 31.3 Å². The molecule has 2 heterocycles. The van der Waals surface area contributed by atoms with Crippen LogP contribution < -0.4 is 16.0 Å². The fourth-order valence-electron chi connectivity index (χ4n) is 5.10. The number of nitrogens with one attached hydrogen (secondary N) is 3. The van der Waals surface area contributed by atoms with Crippen molar-refractivity contribution in [1.82, 2.24) is 16.0 Å². The lowest BCUT2D eigenvalue weighted by atomic mass is 9.67. The van der Waals surface area contributed by atoms with Gasteiger partial charge in [0, 0.05) is 18.6 Å². The number of hydrogen-bond donors (Lipinski definition) is 4. The van der Waals surface area contributed by atoms with Gasteiger partial charge in [-0.25, -0.2) is 0 Å². The van der Waals surface area contributed by atoms with Gasteiger partial charge in [-0.15, -0.1) is 6.58 Å². The fraction of sp³-hybridized carbons (Fsp3) is 0.889. The highest BCUT2D eigenvalue weighted by molar-refractivity contribution is 4.98. The average molecular weight is 307 g/mol. The second kappa shape index (κ2) is 7.43. The Bertz CT molecular complexity index is 375. The molecule has 3 fully saturated rings. The first kappa shape index (κ1) is 16.4. The molecule has 3 aliphatic rings. The molecule has 7 unspecified atom stereocenters. The van der Waals surface area contributed by atoms with E-state index in [4.69, 9.17) is 0 Å². The average Bonchev–Trinajstić information content (AvgIpc) is 2.55. The Labute approximate surface area is 135 Å². The molecule has 0 amide bonds. The van der Waals surface area contributed by atoms with Crippen LogP contribution in [0.1, 0.15) is 45.4 Å². The number of aliphatic hydroxyl groups excluding tert-OH is 1. The minimum Gasteiger partial charge on any atom is -0.365 e. The molecule has 2 saturated heterocycles. The molecule has 0 aromatic heterocycles. The van der Waals surface area contributed by atoms with E-state index in [-0.39, 0.29) is 0 Å². The lowest BCUT2D eigenvalue weighted by Gasteiger charge is -2.47. The van der Waals surface area contributed by atoms with Gasteiger partial charge in [-0.1, -0.05) is 13.0 Å². The van der Waals surface area contributed by atoms with Gasteiger partial charge in [0.1, 0.15) is 0 Å². The molecule has 22 heavy (non-hydrogen) atoms. The number of hydrogen-bond acceptors (Lipinski definition) is 4. The standard InChI is InChI=1S/C18H33N3O/c1-3-13-6-7-14(11-12(13)2)17-15(5-4-9-19-17)16-8-10-20-18(22)21-16/h3,12-22H,1,4-11H2,2H3. The van der Waals surface area contributed by atoms with Crippen molar-refractivity contribution in [2.45, 2.75) is 63.9 Å². The van der Waals surface area contributed by atoms with Gasteiger partial charge in [0.2, 0.25) is 0 Å². The molecule has 7 atom stereocenters. The van der Waals surface area contributed by atoms with E-state index >= 15 is 0 Å². The van der Waals surface area contributed by atoms with E-state index in [1.54, 1.807) is 0 Å². The Kier molecular flexibility index (Phi) is 5.55. The number of piperidine rings is 1. The van der Waals surface area contributed by atoms with Crippen LogP contribution in [0.25, 0.3) is 0 Å². The van der Waals surface area contributed by atoms with E-state index < -0.39 is 6.35 Å². The zero-order valence-corrected chi connectivity index (χ0v) is 13.9. The van der Waals surface area contributed by atoms with Gasteiger partial charge >= 0.3 is 0 Å². The molecule has 0 aromatic rings.